The molecule has 1 fully saturated rings. The molecule has 0 aromatic heterocycles. The van der Waals surface area contributed by atoms with Crippen LogP contribution < -0.4 is 0 Å². The summed E-state index contributed by atoms with van der Waals surface area (Å²) >= 11 is 0. The maximum atomic E-state index is 10.2. The van der Waals surface area contributed by atoms with Gasteiger partial charge >= 0.3 is 5.97 Å². The van der Waals surface area contributed by atoms with Gasteiger partial charge in [-0.25, -0.2) is 0 Å². The molecule has 0 aromatic rings. The van der Waals surface area contributed by atoms with Crippen molar-refractivity contribution in [3.63, 3.8) is 0 Å². The first-order valence-corrected chi connectivity index (χ1v) is 2.44. The molecular weight excluding hydrogens is 108 g/mol. The van der Waals surface area contributed by atoms with E-state index in [1.165, 1.54) is 0 Å². The van der Waals surface area contributed by atoms with Gasteiger partial charge in [0, 0.05) is 12.3 Å². The Balaban J connectivity index is 2.23. The third-order valence-corrected chi connectivity index (χ3v) is 1.16. The van der Waals surface area contributed by atoms with E-state index in [-0.39, 0.29) is 18.1 Å². The number of Topliss-reactive ketones (excluding diaryl/α,β-unsaturated/α-hetero) is 1. The van der Waals surface area contributed by atoms with Gasteiger partial charge in [0.2, 0.25) is 0 Å². The van der Waals surface area contributed by atoms with Crippen LogP contribution >= 0.6 is 0 Å². The molecular formula is C5H6O3. The van der Waals surface area contributed by atoms with Crippen LogP contribution in [0.4, 0.5) is 0 Å². The van der Waals surface area contributed by atoms with Crippen LogP contribution in [0.3, 0.4) is 0 Å². The van der Waals surface area contributed by atoms with Crippen LogP contribution in [0.15, 0.2) is 0 Å². The van der Waals surface area contributed by atoms with Crippen LogP contribution in [0.1, 0.15) is 12.8 Å². The van der Waals surface area contributed by atoms with Crippen molar-refractivity contribution >= 4 is 11.8 Å². The van der Waals surface area contributed by atoms with E-state index in [0.717, 1.165) is 0 Å². The topological polar surface area (TPSA) is 54.4 Å². The van der Waals surface area contributed by atoms with Crippen molar-refractivity contribution in [1.82, 2.24) is 0 Å². The van der Waals surface area contributed by atoms with Crippen LogP contribution in [0.25, 0.3) is 0 Å². The summed E-state index contributed by atoms with van der Waals surface area (Å²) < 4.78 is 0. The zero-order chi connectivity index (χ0) is 6.15. The fourth-order valence-corrected chi connectivity index (χ4v) is 0.581. The molecule has 3 nitrogen and oxygen atoms in total. The third-order valence-electron chi connectivity index (χ3n) is 1.16. The minimum Gasteiger partial charge on any atom is -0.481 e. The second-order valence-corrected chi connectivity index (χ2v) is 1.97. The van der Waals surface area contributed by atoms with Crippen LogP contribution in [0.5, 0.6) is 0 Å². The lowest BCUT2D eigenvalue weighted by Crippen LogP contribution is -1.95. The van der Waals surface area contributed by atoms with Gasteiger partial charge < -0.3 is 5.11 Å². The molecule has 0 aliphatic heterocycles. The second kappa shape index (κ2) is 1.58. The van der Waals surface area contributed by atoms with Gasteiger partial charge in [-0.2, -0.15) is 0 Å². The number of carboxylic acids is 1. The van der Waals surface area contributed by atoms with Gasteiger partial charge in [0.15, 0.2) is 0 Å². The maximum Gasteiger partial charge on any atom is 0.304 e. The SMILES string of the molecule is O=C(O)CC1CC1=O. The van der Waals surface area contributed by atoms with E-state index in [4.69, 9.17) is 5.11 Å². The number of carboxylic acid groups (broad SMARTS) is 1. The second-order valence-electron chi connectivity index (χ2n) is 1.97. The Hall–Kier alpha value is -0.860. The molecule has 3 heteroatoms. The normalized spacial score (nSPS) is 25.5. The fraction of sp³-hybridized carbons (Fsp3) is 0.600. The predicted octanol–water partition coefficient (Wildman–Crippen LogP) is 0.0501. The van der Waals surface area contributed by atoms with Gasteiger partial charge in [-0.1, -0.05) is 0 Å². The number of hydrogen-bond donors (Lipinski definition) is 1. The lowest BCUT2D eigenvalue weighted by Gasteiger charge is -1.81. The van der Waals surface area contributed by atoms with Crippen molar-refractivity contribution in [1.29, 1.82) is 0 Å². The molecule has 0 saturated heterocycles. The Morgan fingerprint density at radius 2 is 2.38 bits per heavy atom. The summed E-state index contributed by atoms with van der Waals surface area (Å²) in [5.41, 5.74) is 0. The number of hydrogen-bond acceptors (Lipinski definition) is 2. The monoisotopic (exact) mass is 114 g/mol. The highest BCUT2D eigenvalue weighted by atomic mass is 16.4. The largest absolute Gasteiger partial charge is 0.481 e. The van der Waals surface area contributed by atoms with Crippen LogP contribution in [-0.4, -0.2) is 16.9 Å². The van der Waals surface area contributed by atoms with Gasteiger partial charge in [-0.05, 0) is 0 Å². The lowest BCUT2D eigenvalue weighted by atomic mass is 10.3. The van der Waals surface area contributed by atoms with Gasteiger partial charge in [-0.15, -0.1) is 0 Å². The Bertz CT molecular complexity index is 139. The summed E-state index contributed by atoms with van der Waals surface area (Å²) in [6.07, 6.45) is 0.505. The summed E-state index contributed by atoms with van der Waals surface area (Å²) in [5.74, 6) is -0.930. The number of carbonyl (C=O) groups is 2. The fourth-order valence-electron chi connectivity index (χ4n) is 0.581. The van der Waals surface area contributed by atoms with Crippen molar-refractivity contribution in [3.05, 3.63) is 0 Å². The van der Waals surface area contributed by atoms with Gasteiger partial charge in [0.25, 0.3) is 0 Å². The Morgan fingerprint density at radius 3 is 2.50 bits per heavy atom. The van der Waals surface area contributed by atoms with Crippen molar-refractivity contribution in [3.8, 4) is 0 Å². The van der Waals surface area contributed by atoms with Crippen LogP contribution in [-0.2, 0) is 9.59 Å². The minimum atomic E-state index is -0.874. The van der Waals surface area contributed by atoms with Crippen LogP contribution in [0, 0.1) is 5.92 Å². The van der Waals surface area contributed by atoms with Crippen molar-refractivity contribution in [2.75, 3.05) is 0 Å². The number of carbonyl (C=O) groups excluding carboxylic acids is 1. The quantitative estimate of drug-likeness (QED) is 0.551. The van der Waals surface area contributed by atoms with Gasteiger partial charge in [-0.3, -0.25) is 9.59 Å². The maximum absolute atomic E-state index is 10.2. The molecule has 0 bridgehead atoms. The van der Waals surface area contributed by atoms with E-state index in [0.29, 0.717) is 6.42 Å². The van der Waals surface area contributed by atoms with E-state index in [1.54, 1.807) is 0 Å². The minimum absolute atomic E-state index is 0.0266. The highest BCUT2D eigenvalue weighted by Gasteiger charge is 2.35. The Kier molecular flexibility index (Phi) is 1.04. The summed E-state index contributed by atoms with van der Waals surface area (Å²) in [7, 11) is 0. The molecule has 1 unspecified atom stereocenters. The molecule has 0 amide bonds. The molecule has 1 N–H and O–H groups in total. The third kappa shape index (κ3) is 1.05. The number of ketones is 1. The van der Waals surface area contributed by atoms with E-state index in [9.17, 15) is 9.59 Å². The number of rotatable bonds is 2. The predicted molar refractivity (Wildman–Crippen MR) is 25.4 cm³/mol. The zero-order valence-corrected chi connectivity index (χ0v) is 4.26. The molecule has 1 atom stereocenters. The molecule has 1 aliphatic rings. The summed E-state index contributed by atoms with van der Waals surface area (Å²) in [6, 6.07) is 0. The first-order valence-electron chi connectivity index (χ1n) is 2.44. The van der Waals surface area contributed by atoms with Gasteiger partial charge in [0.05, 0.1) is 6.42 Å². The van der Waals surface area contributed by atoms with Crippen molar-refractivity contribution in [2.24, 2.45) is 5.92 Å². The summed E-state index contributed by atoms with van der Waals surface area (Å²) in [5, 5.41) is 8.09. The van der Waals surface area contributed by atoms with E-state index in [1.807, 2.05) is 0 Å². The van der Waals surface area contributed by atoms with Crippen LogP contribution in [0.2, 0.25) is 0 Å². The highest BCUT2D eigenvalue weighted by Crippen LogP contribution is 2.26. The number of aliphatic carboxylic acids is 1. The first kappa shape index (κ1) is 5.28. The summed E-state index contributed by atoms with van der Waals surface area (Å²) in [6.45, 7) is 0. The smallest absolute Gasteiger partial charge is 0.304 e. The average molecular weight is 114 g/mol. The van der Waals surface area contributed by atoms with E-state index < -0.39 is 5.97 Å². The molecule has 1 rings (SSSR count). The summed E-state index contributed by atoms with van der Waals surface area (Å²) in [4.78, 5) is 20.0. The molecule has 8 heavy (non-hydrogen) atoms. The van der Waals surface area contributed by atoms with E-state index in [2.05, 4.69) is 0 Å². The van der Waals surface area contributed by atoms with Gasteiger partial charge in [0.1, 0.15) is 5.78 Å². The van der Waals surface area contributed by atoms with E-state index >= 15 is 0 Å². The zero-order valence-electron chi connectivity index (χ0n) is 4.26. The molecule has 44 valence electrons. The Morgan fingerprint density at radius 1 is 1.88 bits per heavy atom. The highest BCUT2D eigenvalue weighted by molar-refractivity contribution is 5.98. The average Bonchev–Trinajstić information content (AvgIpc) is 2.17. The Labute approximate surface area is 46.3 Å². The van der Waals surface area contributed by atoms with Crippen molar-refractivity contribution in [2.45, 2.75) is 12.8 Å². The molecule has 1 saturated carbocycles. The molecule has 1 aliphatic carbocycles. The molecule has 0 heterocycles. The molecule has 0 aromatic carbocycles. The standard InChI is InChI=1S/C5H6O3/c6-4-1-3(4)2-5(7)8/h3H,1-2H2,(H,7,8). The van der Waals surface area contributed by atoms with Crippen molar-refractivity contribution < 1.29 is 14.7 Å². The molecule has 0 radical (unpaired) electrons. The lowest BCUT2D eigenvalue weighted by molar-refractivity contribution is -0.138. The first-order chi connectivity index (χ1) is 3.70. The molecule has 0 spiro atoms.